The van der Waals surface area contributed by atoms with Crippen LogP contribution >= 0.6 is 11.5 Å². The summed E-state index contributed by atoms with van der Waals surface area (Å²) >= 11 is 0.775. The zero-order valence-electron chi connectivity index (χ0n) is 6.25. The highest BCUT2D eigenvalue weighted by Gasteiger charge is 2.28. The summed E-state index contributed by atoms with van der Waals surface area (Å²) in [5.74, 6) is 0. The summed E-state index contributed by atoms with van der Waals surface area (Å²) in [5.41, 5.74) is -0.297. The van der Waals surface area contributed by atoms with Gasteiger partial charge in [-0.15, -0.1) is 5.10 Å². The van der Waals surface area contributed by atoms with E-state index >= 15 is 0 Å². The molecule has 7 heteroatoms. The van der Waals surface area contributed by atoms with Crippen molar-refractivity contribution in [2.75, 3.05) is 0 Å². The van der Waals surface area contributed by atoms with Crippen LogP contribution < -0.4 is 5.46 Å². The molecule has 0 spiro atoms. The van der Waals surface area contributed by atoms with Crippen LogP contribution in [-0.2, 0) is 0 Å². The maximum absolute atomic E-state index is 12.4. The minimum atomic E-state index is -4.96. The van der Waals surface area contributed by atoms with Gasteiger partial charge in [-0.3, -0.25) is 0 Å². The molecule has 0 atom stereocenters. The molecule has 1 aromatic carbocycles. The Morgan fingerprint density at radius 1 is 1.23 bits per heavy atom. The van der Waals surface area contributed by atoms with Crippen molar-refractivity contribution < 1.29 is 12.9 Å². The van der Waals surface area contributed by atoms with Crippen LogP contribution in [-0.4, -0.2) is 16.6 Å². The topological polar surface area (TPSA) is 25.8 Å². The molecule has 13 heavy (non-hydrogen) atoms. The minimum absolute atomic E-state index is 0.120. The normalized spacial score (nSPS) is 12.2. The highest BCUT2D eigenvalue weighted by atomic mass is 32.1. The molecule has 0 saturated heterocycles. The molecule has 0 fully saturated rings. The quantitative estimate of drug-likeness (QED) is 0.659. The first kappa shape index (κ1) is 8.49. The van der Waals surface area contributed by atoms with Crippen LogP contribution in [0.5, 0.6) is 0 Å². The SMILES string of the molecule is F[B-](F)(F)c1cccc2nnsc12. The third kappa shape index (κ3) is 1.39. The second kappa shape index (κ2) is 2.70. The first-order chi connectivity index (χ1) is 6.09. The molecule has 0 unspecified atom stereocenters. The van der Waals surface area contributed by atoms with Crippen molar-refractivity contribution in [1.82, 2.24) is 9.59 Å². The summed E-state index contributed by atoms with van der Waals surface area (Å²) in [7, 11) is 0. The van der Waals surface area contributed by atoms with Crippen LogP contribution in [0.3, 0.4) is 0 Å². The fourth-order valence-corrected chi connectivity index (χ4v) is 1.80. The third-order valence-electron chi connectivity index (χ3n) is 1.66. The van der Waals surface area contributed by atoms with E-state index in [9.17, 15) is 12.9 Å². The van der Waals surface area contributed by atoms with Gasteiger partial charge in [-0.05, 0) is 17.6 Å². The molecule has 2 nitrogen and oxygen atoms in total. The number of nitrogens with zero attached hydrogens (tertiary/aromatic N) is 2. The molecule has 0 radical (unpaired) electrons. The van der Waals surface area contributed by atoms with Crippen molar-refractivity contribution in [3.63, 3.8) is 0 Å². The monoisotopic (exact) mass is 203 g/mol. The summed E-state index contributed by atoms with van der Waals surface area (Å²) in [6, 6.07) is 3.92. The number of halogens is 3. The van der Waals surface area contributed by atoms with Gasteiger partial charge in [-0.2, -0.15) is 0 Å². The van der Waals surface area contributed by atoms with Crippen molar-refractivity contribution >= 4 is 34.2 Å². The van der Waals surface area contributed by atoms with Gasteiger partial charge in [0.15, 0.2) is 0 Å². The predicted octanol–water partition coefficient (Wildman–Crippen LogP) is 1.75. The Balaban J connectivity index is 2.75. The summed E-state index contributed by atoms with van der Waals surface area (Å²) in [6.07, 6.45) is 0. The zero-order chi connectivity index (χ0) is 9.47. The minimum Gasteiger partial charge on any atom is -0.445 e. The maximum Gasteiger partial charge on any atom is 0.511 e. The number of rotatable bonds is 1. The summed E-state index contributed by atoms with van der Waals surface area (Å²) in [6.45, 7) is -4.96. The van der Waals surface area contributed by atoms with E-state index in [1.54, 1.807) is 0 Å². The van der Waals surface area contributed by atoms with E-state index < -0.39 is 12.4 Å². The van der Waals surface area contributed by atoms with Gasteiger partial charge in [-0.1, -0.05) is 22.1 Å². The molecule has 0 bridgehead atoms. The lowest BCUT2D eigenvalue weighted by Gasteiger charge is -2.14. The van der Waals surface area contributed by atoms with Crippen LogP contribution in [0.4, 0.5) is 12.9 Å². The van der Waals surface area contributed by atoms with Crippen LogP contribution in [0.15, 0.2) is 18.2 Å². The number of benzene rings is 1. The van der Waals surface area contributed by atoms with E-state index in [1.807, 2.05) is 0 Å². The molecule has 0 aliphatic carbocycles. The Hall–Kier alpha value is -1.11. The fraction of sp³-hybridized carbons (Fsp3) is 0. The average molecular weight is 203 g/mol. The first-order valence-electron chi connectivity index (χ1n) is 3.50. The Bertz CT molecular complexity index is 439. The van der Waals surface area contributed by atoms with Crippen molar-refractivity contribution in [2.24, 2.45) is 0 Å². The van der Waals surface area contributed by atoms with Gasteiger partial charge in [-0.25, -0.2) is 0 Å². The molecular weight excluding hydrogens is 200 g/mol. The van der Waals surface area contributed by atoms with Gasteiger partial charge in [0.05, 0.1) is 0 Å². The summed E-state index contributed by atoms with van der Waals surface area (Å²) in [5, 5.41) is 3.57. The molecule has 0 N–H and O–H groups in total. The van der Waals surface area contributed by atoms with E-state index in [-0.39, 0.29) is 4.70 Å². The van der Waals surface area contributed by atoms with Gasteiger partial charge in [0.25, 0.3) is 0 Å². The van der Waals surface area contributed by atoms with Crippen LogP contribution in [0, 0.1) is 0 Å². The molecule has 1 aromatic heterocycles. The standard InChI is InChI=1S/C6H3BF3N2S/c8-7(9,10)4-2-1-3-5-6(4)13-12-11-5/h1-3H/q-1. The Morgan fingerprint density at radius 3 is 2.69 bits per heavy atom. The molecule has 68 valence electrons. The summed E-state index contributed by atoms with van der Waals surface area (Å²) in [4.78, 5) is 0. The van der Waals surface area contributed by atoms with Gasteiger partial charge in [0, 0.05) is 4.70 Å². The van der Waals surface area contributed by atoms with E-state index in [0.29, 0.717) is 5.52 Å². The predicted molar refractivity (Wildman–Crippen MR) is 46.1 cm³/mol. The molecule has 2 aromatic rings. The van der Waals surface area contributed by atoms with Crippen LogP contribution in [0.25, 0.3) is 10.2 Å². The highest BCUT2D eigenvalue weighted by molar-refractivity contribution is 7.15. The lowest BCUT2D eigenvalue weighted by Crippen LogP contribution is -2.33. The van der Waals surface area contributed by atoms with Gasteiger partial charge in [0.2, 0.25) is 0 Å². The molecule has 0 aliphatic rings. The molecule has 0 aliphatic heterocycles. The number of hydrogen-bond acceptors (Lipinski definition) is 3. The van der Waals surface area contributed by atoms with E-state index in [4.69, 9.17) is 0 Å². The molecule has 1 heterocycles. The van der Waals surface area contributed by atoms with Gasteiger partial charge < -0.3 is 12.9 Å². The molecule has 0 amide bonds. The number of fused-ring (bicyclic) bond motifs is 1. The fourth-order valence-electron chi connectivity index (χ4n) is 1.08. The Morgan fingerprint density at radius 2 is 2.00 bits per heavy atom. The van der Waals surface area contributed by atoms with Crippen LogP contribution in [0.1, 0.15) is 0 Å². The van der Waals surface area contributed by atoms with Crippen molar-refractivity contribution in [2.45, 2.75) is 0 Å². The largest absolute Gasteiger partial charge is 0.511 e. The summed E-state index contributed by atoms with van der Waals surface area (Å²) < 4.78 is 40.8. The maximum atomic E-state index is 12.4. The Kier molecular flexibility index (Phi) is 1.76. The second-order valence-electron chi connectivity index (χ2n) is 2.54. The molecule has 0 saturated carbocycles. The van der Waals surface area contributed by atoms with E-state index in [1.165, 1.54) is 12.1 Å². The lowest BCUT2D eigenvalue weighted by atomic mass is 9.80. The van der Waals surface area contributed by atoms with Crippen LogP contribution in [0.2, 0.25) is 0 Å². The second-order valence-corrected chi connectivity index (χ2v) is 3.30. The van der Waals surface area contributed by atoms with Gasteiger partial charge in [0.1, 0.15) is 5.52 Å². The highest BCUT2D eigenvalue weighted by Crippen LogP contribution is 2.18. The lowest BCUT2D eigenvalue weighted by molar-refractivity contribution is 0.502. The van der Waals surface area contributed by atoms with Gasteiger partial charge >= 0.3 is 6.98 Å². The van der Waals surface area contributed by atoms with Crippen molar-refractivity contribution in [3.05, 3.63) is 18.2 Å². The smallest absolute Gasteiger partial charge is 0.445 e. The number of hydrogen-bond donors (Lipinski definition) is 0. The third-order valence-corrected chi connectivity index (χ3v) is 2.45. The average Bonchev–Trinajstić information content (AvgIpc) is 2.48. The van der Waals surface area contributed by atoms with Crippen molar-refractivity contribution in [1.29, 1.82) is 0 Å². The molecule has 2 rings (SSSR count). The van der Waals surface area contributed by atoms with E-state index in [0.717, 1.165) is 17.6 Å². The van der Waals surface area contributed by atoms with E-state index in [2.05, 4.69) is 9.59 Å². The zero-order valence-corrected chi connectivity index (χ0v) is 7.06. The van der Waals surface area contributed by atoms with Crippen molar-refractivity contribution in [3.8, 4) is 0 Å². The Labute approximate surface area is 75.6 Å². The first-order valence-corrected chi connectivity index (χ1v) is 4.27. The number of aromatic nitrogens is 2. The molecular formula is C6H3BF3N2S-.